The summed E-state index contributed by atoms with van der Waals surface area (Å²) in [7, 11) is 0. The van der Waals surface area contributed by atoms with E-state index in [-0.39, 0.29) is 6.61 Å². The number of nitrogens with one attached hydrogen (secondary N) is 1. The lowest BCUT2D eigenvalue weighted by atomic mass is 10.1. The Kier molecular flexibility index (Phi) is 6.31. The molecule has 0 saturated heterocycles. The number of benzene rings is 1. The number of alkyl carbamates (subject to hydrolysis) is 1. The predicted octanol–water partition coefficient (Wildman–Crippen LogP) is 4.46. The zero-order valence-corrected chi connectivity index (χ0v) is 15.6. The molecule has 1 N–H and O–H groups in total. The maximum absolute atomic E-state index is 11.6. The molecule has 1 amide bonds. The SMILES string of the molecule is CCc1c(OCCNC(=O)OC(C)(C)C)noc1-c1ccc(Cl)cc1. The Morgan fingerprint density at radius 1 is 1.28 bits per heavy atom. The van der Waals surface area contributed by atoms with Gasteiger partial charge >= 0.3 is 6.09 Å². The topological polar surface area (TPSA) is 73.6 Å². The summed E-state index contributed by atoms with van der Waals surface area (Å²) in [5, 5.41) is 7.28. The van der Waals surface area contributed by atoms with E-state index in [9.17, 15) is 4.79 Å². The van der Waals surface area contributed by atoms with Crippen molar-refractivity contribution in [2.45, 2.75) is 39.7 Å². The van der Waals surface area contributed by atoms with E-state index in [1.54, 1.807) is 12.1 Å². The highest BCUT2D eigenvalue weighted by molar-refractivity contribution is 6.30. The van der Waals surface area contributed by atoms with E-state index >= 15 is 0 Å². The van der Waals surface area contributed by atoms with Gasteiger partial charge < -0.3 is 19.3 Å². The number of halogens is 1. The van der Waals surface area contributed by atoms with Gasteiger partial charge in [-0.25, -0.2) is 4.79 Å². The average Bonchev–Trinajstić information content (AvgIpc) is 2.93. The third-order valence-electron chi connectivity index (χ3n) is 3.22. The highest BCUT2D eigenvalue weighted by Gasteiger charge is 2.18. The van der Waals surface area contributed by atoms with Crippen LogP contribution in [-0.2, 0) is 11.2 Å². The Labute approximate surface area is 152 Å². The van der Waals surface area contributed by atoms with E-state index in [0.29, 0.717) is 29.6 Å². The molecule has 1 aromatic heterocycles. The van der Waals surface area contributed by atoms with Crippen molar-refractivity contribution in [2.24, 2.45) is 0 Å². The normalized spacial score (nSPS) is 11.2. The lowest BCUT2D eigenvalue weighted by molar-refractivity contribution is 0.0519. The minimum Gasteiger partial charge on any atom is -0.473 e. The smallest absolute Gasteiger partial charge is 0.407 e. The van der Waals surface area contributed by atoms with Crippen LogP contribution >= 0.6 is 11.6 Å². The fourth-order valence-corrected chi connectivity index (χ4v) is 2.29. The van der Waals surface area contributed by atoms with Gasteiger partial charge in [0.2, 0.25) is 0 Å². The monoisotopic (exact) mass is 366 g/mol. The van der Waals surface area contributed by atoms with Gasteiger partial charge in [0.25, 0.3) is 5.88 Å². The minimum atomic E-state index is -0.528. The molecule has 0 fully saturated rings. The molecule has 0 aliphatic rings. The van der Waals surface area contributed by atoms with Crippen LogP contribution in [0.5, 0.6) is 5.88 Å². The van der Waals surface area contributed by atoms with Gasteiger partial charge in [-0.2, -0.15) is 0 Å². The summed E-state index contributed by atoms with van der Waals surface area (Å²) >= 11 is 5.91. The maximum atomic E-state index is 11.6. The lowest BCUT2D eigenvalue weighted by Crippen LogP contribution is -2.34. The maximum Gasteiger partial charge on any atom is 0.407 e. The fraction of sp³-hybridized carbons (Fsp3) is 0.444. The van der Waals surface area contributed by atoms with E-state index in [1.807, 2.05) is 39.8 Å². The molecule has 7 heteroatoms. The molecule has 0 radical (unpaired) electrons. The number of amides is 1. The van der Waals surface area contributed by atoms with Crippen molar-refractivity contribution in [3.8, 4) is 17.2 Å². The summed E-state index contributed by atoms with van der Waals surface area (Å²) in [6.45, 7) is 8.00. The van der Waals surface area contributed by atoms with Crippen LogP contribution in [0.3, 0.4) is 0 Å². The molecule has 1 aromatic carbocycles. The van der Waals surface area contributed by atoms with Crippen molar-refractivity contribution in [3.05, 3.63) is 34.9 Å². The average molecular weight is 367 g/mol. The second-order valence-corrected chi connectivity index (χ2v) is 6.87. The summed E-state index contributed by atoms with van der Waals surface area (Å²) in [6, 6.07) is 7.33. The minimum absolute atomic E-state index is 0.263. The molecule has 0 bridgehead atoms. The largest absolute Gasteiger partial charge is 0.473 e. The molecule has 6 nitrogen and oxygen atoms in total. The van der Waals surface area contributed by atoms with E-state index in [0.717, 1.165) is 11.1 Å². The predicted molar refractivity (Wildman–Crippen MR) is 96.1 cm³/mol. The lowest BCUT2D eigenvalue weighted by Gasteiger charge is -2.19. The zero-order valence-electron chi connectivity index (χ0n) is 14.9. The van der Waals surface area contributed by atoms with Gasteiger partial charge in [-0.05, 0) is 56.6 Å². The number of nitrogens with zero attached hydrogens (tertiary/aromatic N) is 1. The van der Waals surface area contributed by atoms with Gasteiger partial charge in [-0.3, -0.25) is 0 Å². The Bertz CT molecular complexity index is 705. The molecule has 0 saturated carbocycles. The Morgan fingerprint density at radius 3 is 2.56 bits per heavy atom. The molecule has 2 rings (SSSR count). The first-order chi connectivity index (χ1) is 11.8. The van der Waals surface area contributed by atoms with Crippen LogP contribution in [0.2, 0.25) is 5.02 Å². The number of hydrogen-bond donors (Lipinski definition) is 1. The number of carbonyl (C=O) groups excluding carboxylic acids is 1. The molecule has 0 unspecified atom stereocenters. The number of ether oxygens (including phenoxy) is 2. The first kappa shape index (κ1) is 19.1. The number of rotatable bonds is 6. The molecule has 0 atom stereocenters. The number of carbonyl (C=O) groups is 1. The zero-order chi connectivity index (χ0) is 18.4. The van der Waals surface area contributed by atoms with Crippen molar-refractivity contribution < 1.29 is 18.8 Å². The quantitative estimate of drug-likeness (QED) is 0.764. The highest BCUT2D eigenvalue weighted by Crippen LogP contribution is 2.31. The van der Waals surface area contributed by atoms with Crippen molar-refractivity contribution in [2.75, 3.05) is 13.2 Å². The van der Waals surface area contributed by atoms with Crippen LogP contribution in [0, 0.1) is 0 Å². The van der Waals surface area contributed by atoms with Crippen molar-refractivity contribution >= 4 is 17.7 Å². The van der Waals surface area contributed by atoms with Gasteiger partial charge in [0.15, 0.2) is 5.76 Å². The van der Waals surface area contributed by atoms with Crippen LogP contribution in [-0.4, -0.2) is 30.0 Å². The van der Waals surface area contributed by atoms with Crippen molar-refractivity contribution in [3.63, 3.8) is 0 Å². The molecule has 25 heavy (non-hydrogen) atoms. The van der Waals surface area contributed by atoms with Gasteiger partial charge in [0.05, 0.1) is 12.1 Å². The third kappa shape index (κ3) is 5.67. The van der Waals surface area contributed by atoms with Crippen LogP contribution < -0.4 is 10.1 Å². The van der Waals surface area contributed by atoms with E-state index in [2.05, 4.69) is 10.5 Å². The Hall–Kier alpha value is -2.21. The third-order valence-corrected chi connectivity index (χ3v) is 3.47. The standard InChI is InChI=1S/C18H23ClN2O4/c1-5-14-15(12-6-8-13(19)9-7-12)25-21-16(14)23-11-10-20-17(22)24-18(2,3)4/h6-9H,5,10-11H2,1-4H3,(H,20,22). The first-order valence-corrected chi connectivity index (χ1v) is 8.52. The summed E-state index contributed by atoms with van der Waals surface area (Å²) in [4.78, 5) is 11.6. The second kappa shape index (κ2) is 8.25. The van der Waals surface area contributed by atoms with E-state index in [1.165, 1.54) is 0 Å². The number of aromatic nitrogens is 1. The van der Waals surface area contributed by atoms with Gasteiger partial charge in [-0.1, -0.05) is 18.5 Å². The Balaban J connectivity index is 1.93. The Morgan fingerprint density at radius 2 is 1.96 bits per heavy atom. The van der Waals surface area contributed by atoms with Crippen LogP contribution in [0.15, 0.2) is 28.8 Å². The first-order valence-electron chi connectivity index (χ1n) is 8.14. The molecule has 0 aliphatic heterocycles. The summed E-state index contributed by atoms with van der Waals surface area (Å²) in [5.41, 5.74) is 1.23. The molecule has 1 heterocycles. The van der Waals surface area contributed by atoms with Gasteiger partial charge in [0, 0.05) is 10.6 Å². The second-order valence-electron chi connectivity index (χ2n) is 6.43. The molecular weight excluding hydrogens is 344 g/mol. The van der Waals surface area contributed by atoms with Gasteiger partial charge in [-0.15, -0.1) is 0 Å². The molecule has 0 aliphatic carbocycles. The summed E-state index contributed by atoms with van der Waals surface area (Å²) in [6.07, 6.45) is 0.227. The van der Waals surface area contributed by atoms with Crippen LogP contribution in [0.1, 0.15) is 33.3 Å². The van der Waals surface area contributed by atoms with Gasteiger partial charge in [0.1, 0.15) is 12.2 Å². The van der Waals surface area contributed by atoms with Crippen LogP contribution in [0.25, 0.3) is 11.3 Å². The molecule has 0 spiro atoms. The summed E-state index contributed by atoms with van der Waals surface area (Å²) in [5.74, 6) is 1.09. The number of hydrogen-bond acceptors (Lipinski definition) is 5. The summed E-state index contributed by atoms with van der Waals surface area (Å²) < 4.78 is 16.2. The van der Waals surface area contributed by atoms with Crippen molar-refractivity contribution in [1.29, 1.82) is 0 Å². The van der Waals surface area contributed by atoms with Crippen LogP contribution in [0.4, 0.5) is 4.79 Å². The van der Waals surface area contributed by atoms with E-state index in [4.69, 9.17) is 25.6 Å². The molecule has 136 valence electrons. The highest BCUT2D eigenvalue weighted by atomic mass is 35.5. The molecule has 2 aromatic rings. The van der Waals surface area contributed by atoms with E-state index < -0.39 is 11.7 Å². The van der Waals surface area contributed by atoms with Crippen molar-refractivity contribution in [1.82, 2.24) is 10.5 Å². The molecular formula is C18H23ClN2O4. The fourth-order valence-electron chi connectivity index (χ4n) is 2.16.